The van der Waals surface area contributed by atoms with Gasteiger partial charge in [-0.05, 0) is 30.7 Å². The average molecular weight is 187 g/mol. The Hall–Kier alpha value is -0.900. The van der Waals surface area contributed by atoms with Gasteiger partial charge >= 0.3 is 0 Å². The maximum atomic E-state index is 12.5. The number of aryl methyl sites for hydroxylation is 1. The highest BCUT2D eigenvalue weighted by Crippen LogP contribution is 2.16. The van der Waals surface area contributed by atoms with Crippen LogP contribution in [0.2, 0.25) is 0 Å². The fraction of sp³-hybridized carbons (Fsp3) is 0.125. The maximum Gasteiger partial charge on any atom is 0.179 e. The van der Waals surface area contributed by atoms with Crippen LogP contribution >= 0.6 is 0 Å². The number of halogens is 1. The molecule has 0 aromatic heterocycles. The number of sulfone groups is 1. The zero-order valence-corrected chi connectivity index (χ0v) is 7.36. The molecule has 65 valence electrons. The summed E-state index contributed by atoms with van der Waals surface area (Å²) in [5.41, 5.74) is 0.380. The fourth-order valence-corrected chi connectivity index (χ4v) is 1.79. The Morgan fingerprint density at radius 3 is 2.42 bits per heavy atom. The molecule has 0 atom stereocenters. The van der Waals surface area contributed by atoms with Crippen molar-refractivity contribution in [2.45, 2.75) is 11.8 Å². The van der Waals surface area contributed by atoms with Gasteiger partial charge in [-0.25, -0.2) is 12.8 Å². The zero-order valence-electron chi connectivity index (χ0n) is 6.54. The first-order chi connectivity index (χ1) is 5.41. The van der Waals surface area contributed by atoms with Crippen molar-refractivity contribution in [3.63, 3.8) is 0 Å². The molecule has 0 fully saturated rings. The highest BCUT2D eigenvalue weighted by molar-refractivity contribution is 7.92. The van der Waals surface area contributed by atoms with Gasteiger partial charge in [-0.3, -0.25) is 0 Å². The van der Waals surface area contributed by atoms with Gasteiger partial charge in [0.1, 0.15) is 5.82 Å². The molecule has 1 aromatic carbocycles. The Kier molecular flexibility index (Phi) is 2.19. The van der Waals surface area contributed by atoms with Crippen LogP contribution in [-0.2, 0) is 9.84 Å². The van der Waals surface area contributed by atoms with E-state index in [-0.39, 0.29) is 4.90 Å². The third-order valence-corrected chi connectivity index (χ3v) is 2.60. The summed E-state index contributed by atoms with van der Waals surface area (Å²) < 4.78 is 34.4. The Balaban J connectivity index is 3.39. The van der Waals surface area contributed by atoms with E-state index in [4.69, 9.17) is 0 Å². The quantitative estimate of drug-likeness (QED) is 0.627. The summed E-state index contributed by atoms with van der Waals surface area (Å²) in [5.74, 6) is -0.445. The van der Waals surface area contributed by atoms with Gasteiger partial charge in [0.25, 0.3) is 0 Å². The van der Waals surface area contributed by atoms with Crippen LogP contribution in [0.15, 0.2) is 23.1 Å². The van der Waals surface area contributed by atoms with Gasteiger partial charge in [0.2, 0.25) is 0 Å². The summed E-state index contributed by atoms with van der Waals surface area (Å²) in [6.07, 6.45) is 2.98. The number of benzene rings is 1. The SMILES string of the molecule is [CH2]S(=O)(=O)c1ccc(F)cc1C. The Morgan fingerprint density at radius 1 is 1.42 bits per heavy atom. The first-order valence-electron chi connectivity index (χ1n) is 3.25. The first-order valence-corrected chi connectivity index (χ1v) is 4.91. The molecule has 0 spiro atoms. The van der Waals surface area contributed by atoms with Crippen LogP contribution < -0.4 is 0 Å². The second kappa shape index (κ2) is 2.86. The van der Waals surface area contributed by atoms with Crippen LogP contribution in [0.1, 0.15) is 5.56 Å². The van der Waals surface area contributed by atoms with Gasteiger partial charge in [-0.15, -0.1) is 0 Å². The third-order valence-electron chi connectivity index (χ3n) is 1.47. The highest BCUT2D eigenvalue weighted by Gasteiger charge is 2.10. The van der Waals surface area contributed by atoms with Gasteiger partial charge in [0.15, 0.2) is 9.84 Å². The van der Waals surface area contributed by atoms with Gasteiger partial charge < -0.3 is 0 Å². The van der Waals surface area contributed by atoms with E-state index in [1.54, 1.807) is 0 Å². The van der Waals surface area contributed by atoms with Crippen molar-refractivity contribution in [3.8, 4) is 0 Å². The lowest BCUT2D eigenvalue weighted by Crippen LogP contribution is -1.97. The Labute approximate surface area is 71.0 Å². The highest BCUT2D eigenvalue weighted by atomic mass is 32.2. The standard InChI is InChI=1S/C8H8FO2S/c1-6-5-7(9)3-4-8(6)12(2,10)11/h3-5H,2H2,1H3. The second-order valence-corrected chi connectivity index (χ2v) is 4.19. The lowest BCUT2D eigenvalue weighted by atomic mass is 10.2. The normalized spacial score (nSPS) is 11.6. The van der Waals surface area contributed by atoms with Crippen LogP contribution in [0, 0.1) is 19.0 Å². The number of rotatable bonds is 1. The van der Waals surface area contributed by atoms with Crippen molar-refractivity contribution in [1.82, 2.24) is 0 Å². The molecule has 2 nitrogen and oxygen atoms in total. The predicted octanol–water partition coefficient (Wildman–Crippen LogP) is 1.70. The third kappa shape index (κ3) is 1.82. The van der Waals surface area contributed by atoms with E-state index < -0.39 is 15.7 Å². The molecular weight excluding hydrogens is 179 g/mol. The summed E-state index contributed by atoms with van der Waals surface area (Å²) in [7, 11) is -3.47. The summed E-state index contributed by atoms with van der Waals surface area (Å²) >= 11 is 0. The summed E-state index contributed by atoms with van der Waals surface area (Å²) in [6.45, 7) is 1.53. The predicted molar refractivity (Wildman–Crippen MR) is 43.7 cm³/mol. The van der Waals surface area contributed by atoms with Crippen LogP contribution in [0.25, 0.3) is 0 Å². The lowest BCUT2D eigenvalue weighted by molar-refractivity contribution is 0.601. The molecule has 0 N–H and O–H groups in total. The van der Waals surface area contributed by atoms with Gasteiger partial charge in [0, 0.05) is 0 Å². The molecule has 0 aliphatic rings. The fourth-order valence-electron chi connectivity index (χ4n) is 0.962. The topological polar surface area (TPSA) is 34.1 Å². The number of hydrogen-bond donors (Lipinski definition) is 0. The maximum absolute atomic E-state index is 12.5. The lowest BCUT2D eigenvalue weighted by Gasteiger charge is -2.01. The van der Waals surface area contributed by atoms with E-state index in [1.165, 1.54) is 13.0 Å². The molecule has 1 radical (unpaired) electrons. The molecule has 4 heteroatoms. The van der Waals surface area contributed by atoms with E-state index in [1.807, 2.05) is 0 Å². The Bertz CT molecular complexity index is 396. The minimum atomic E-state index is -3.47. The van der Waals surface area contributed by atoms with Gasteiger partial charge in [-0.2, -0.15) is 0 Å². The minimum Gasteiger partial charge on any atom is -0.224 e. The zero-order chi connectivity index (χ0) is 9.35. The molecule has 1 aromatic rings. The van der Waals surface area contributed by atoms with Crippen molar-refractivity contribution < 1.29 is 12.8 Å². The summed E-state index contributed by atoms with van der Waals surface area (Å²) in [4.78, 5) is 0.0731. The second-order valence-electron chi connectivity index (χ2n) is 2.52. The molecule has 0 bridgehead atoms. The smallest absolute Gasteiger partial charge is 0.179 e. The van der Waals surface area contributed by atoms with E-state index in [0.717, 1.165) is 12.1 Å². The number of hydrogen-bond acceptors (Lipinski definition) is 2. The van der Waals surface area contributed by atoms with Crippen molar-refractivity contribution in [3.05, 3.63) is 35.8 Å². The molecule has 1 rings (SSSR count). The molecule has 0 unspecified atom stereocenters. The first kappa shape index (κ1) is 9.19. The van der Waals surface area contributed by atoms with Crippen molar-refractivity contribution in [1.29, 1.82) is 0 Å². The summed E-state index contributed by atoms with van der Waals surface area (Å²) in [5, 5.41) is 0. The minimum absolute atomic E-state index is 0.0731. The van der Waals surface area contributed by atoms with E-state index in [9.17, 15) is 12.8 Å². The van der Waals surface area contributed by atoms with Crippen LogP contribution in [0.5, 0.6) is 0 Å². The van der Waals surface area contributed by atoms with Gasteiger partial charge in [-0.1, -0.05) is 0 Å². The molecule has 0 saturated heterocycles. The summed E-state index contributed by atoms with van der Waals surface area (Å²) in [6, 6.07) is 3.48. The van der Waals surface area contributed by atoms with Crippen molar-refractivity contribution >= 4 is 9.84 Å². The molecular formula is C8H8FO2S. The molecule has 0 amide bonds. The monoisotopic (exact) mass is 187 g/mol. The van der Waals surface area contributed by atoms with Crippen LogP contribution in [-0.4, -0.2) is 8.42 Å². The molecule has 0 aliphatic heterocycles. The molecule has 0 heterocycles. The van der Waals surface area contributed by atoms with Crippen molar-refractivity contribution in [2.24, 2.45) is 0 Å². The molecule has 0 saturated carbocycles. The largest absolute Gasteiger partial charge is 0.224 e. The average Bonchev–Trinajstić information content (AvgIpc) is 1.83. The van der Waals surface area contributed by atoms with E-state index in [0.29, 0.717) is 5.56 Å². The Morgan fingerprint density at radius 2 is 2.00 bits per heavy atom. The molecule has 12 heavy (non-hydrogen) atoms. The van der Waals surface area contributed by atoms with Crippen molar-refractivity contribution in [2.75, 3.05) is 0 Å². The van der Waals surface area contributed by atoms with Crippen LogP contribution in [0.3, 0.4) is 0 Å². The van der Waals surface area contributed by atoms with Gasteiger partial charge in [0.05, 0.1) is 11.2 Å². The van der Waals surface area contributed by atoms with E-state index >= 15 is 0 Å². The van der Waals surface area contributed by atoms with Crippen LogP contribution in [0.4, 0.5) is 4.39 Å². The molecule has 0 aliphatic carbocycles. The van der Waals surface area contributed by atoms with E-state index in [2.05, 4.69) is 6.26 Å².